The molecule has 0 fully saturated rings. The van der Waals surface area contributed by atoms with Gasteiger partial charge in [0.1, 0.15) is 5.69 Å². The van der Waals surface area contributed by atoms with E-state index in [9.17, 15) is 13.5 Å². The van der Waals surface area contributed by atoms with Gasteiger partial charge in [-0.25, -0.2) is 8.42 Å². The van der Waals surface area contributed by atoms with Crippen LogP contribution < -0.4 is 0 Å². The van der Waals surface area contributed by atoms with Crippen LogP contribution in [0, 0.1) is 0 Å². The third kappa shape index (κ3) is 1.26. The van der Waals surface area contributed by atoms with Gasteiger partial charge in [0.05, 0.1) is 10.2 Å². The lowest BCUT2D eigenvalue weighted by molar-refractivity contribution is 0.498. The predicted octanol–water partition coefficient (Wildman–Crippen LogP) is 1.60. The molecule has 0 saturated carbocycles. The molecule has 2 heterocycles. The molecule has 0 bridgehead atoms. The van der Waals surface area contributed by atoms with Crippen molar-refractivity contribution in [2.24, 2.45) is 0 Å². The van der Waals surface area contributed by atoms with Crippen molar-refractivity contribution in [2.75, 3.05) is 0 Å². The Balaban J connectivity index is 2.85. The summed E-state index contributed by atoms with van der Waals surface area (Å²) in [4.78, 5) is 3.98. The van der Waals surface area contributed by atoms with Gasteiger partial charge < -0.3 is 5.11 Å². The van der Waals surface area contributed by atoms with Gasteiger partial charge in [-0.05, 0) is 19.9 Å². The molecular weight excluding hydrogens is 214 g/mol. The number of aliphatic hydroxyl groups is 1. The summed E-state index contributed by atoms with van der Waals surface area (Å²) in [6.07, 6.45) is 1.52. The lowest BCUT2D eigenvalue weighted by atomic mass is 9.99. The SMILES string of the molecule is CC1(C)c2cccnc2C(O)=CS1(=O)=O. The Morgan fingerprint density at radius 1 is 1.40 bits per heavy atom. The van der Waals surface area contributed by atoms with Gasteiger partial charge in [0, 0.05) is 11.8 Å². The summed E-state index contributed by atoms with van der Waals surface area (Å²) in [5.74, 6) is -0.287. The first-order valence-corrected chi connectivity index (χ1v) is 6.02. The molecule has 1 aliphatic rings. The molecule has 0 unspecified atom stereocenters. The standard InChI is InChI=1S/C10H11NO3S/c1-10(2)7-4-3-5-11-9(7)8(12)6-15(10,13)14/h3-6,12H,1-2H3. The molecule has 0 atom stereocenters. The van der Waals surface area contributed by atoms with Crippen LogP contribution in [0.15, 0.2) is 23.7 Å². The number of hydrogen-bond acceptors (Lipinski definition) is 4. The minimum atomic E-state index is -3.48. The molecule has 0 aromatic carbocycles. The molecule has 0 spiro atoms. The molecular formula is C10H11NO3S. The van der Waals surface area contributed by atoms with Crippen molar-refractivity contribution in [3.63, 3.8) is 0 Å². The zero-order valence-corrected chi connectivity index (χ0v) is 9.25. The van der Waals surface area contributed by atoms with Crippen LogP contribution in [0.2, 0.25) is 0 Å². The van der Waals surface area contributed by atoms with Gasteiger partial charge in [0.25, 0.3) is 0 Å². The summed E-state index contributed by atoms with van der Waals surface area (Å²) in [7, 11) is -3.48. The molecule has 0 saturated heterocycles. The Bertz CT molecular complexity index is 544. The van der Waals surface area contributed by atoms with Crippen LogP contribution in [0.5, 0.6) is 0 Å². The number of nitrogens with zero attached hydrogens (tertiary/aromatic N) is 1. The van der Waals surface area contributed by atoms with Gasteiger partial charge in [-0.15, -0.1) is 0 Å². The molecule has 1 aromatic rings. The first-order valence-electron chi connectivity index (χ1n) is 4.47. The smallest absolute Gasteiger partial charge is 0.184 e. The molecule has 0 aliphatic carbocycles. The number of hydrogen-bond donors (Lipinski definition) is 1. The monoisotopic (exact) mass is 225 g/mol. The number of rotatable bonds is 0. The average Bonchev–Trinajstić information content (AvgIpc) is 2.15. The molecule has 80 valence electrons. The van der Waals surface area contributed by atoms with Crippen LogP contribution in [0.3, 0.4) is 0 Å². The predicted molar refractivity (Wildman–Crippen MR) is 56.8 cm³/mol. The minimum absolute atomic E-state index is 0.287. The highest BCUT2D eigenvalue weighted by Crippen LogP contribution is 2.39. The van der Waals surface area contributed by atoms with E-state index in [-0.39, 0.29) is 5.76 Å². The van der Waals surface area contributed by atoms with Crippen molar-refractivity contribution in [3.8, 4) is 0 Å². The van der Waals surface area contributed by atoms with Crippen molar-refractivity contribution < 1.29 is 13.5 Å². The molecule has 5 heteroatoms. The van der Waals surface area contributed by atoms with E-state index >= 15 is 0 Å². The molecule has 1 aromatic heterocycles. The van der Waals surface area contributed by atoms with E-state index in [0.717, 1.165) is 5.41 Å². The highest BCUT2D eigenvalue weighted by atomic mass is 32.2. The molecule has 15 heavy (non-hydrogen) atoms. The topological polar surface area (TPSA) is 67.3 Å². The van der Waals surface area contributed by atoms with E-state index < -0.39 is 14.6 Å². The first kappa shape index (κ1) is 10.2. The maximum Gasteiger partial charge on any atom is 0.184 e. The second-order valence-electron chi connectivity index (χ2n) is 3.96. The Kier molecular flexibility index (Phi) is 1.91. The zero-order valence-electron chi connectivity index (χ0n) is 8.43. The zero-order chi connectivity index (χ0) is 11.3. The van der Waals surface area contributed by atoms with Crippen LogP contribution in [0.4, 0.5) is 0 Å². The molecule has 0 amide bonds. The van der Waals surface area contributed by atoms with Gasteiger partial charge in [-0.2, -0.15) is 0 Å². The average molecular weight is 225 g/mol. The van der Waals surface area contributed by atoms with Crippen molar-refractivity contribution in [3.05, 3.63) is 35.0 Å². The van der Waals surface area contributed by atoms with Crippen molar-refractivity contribution >= 4 is 15.6 Å². The maximum atomic E-state index is 11.8. The summed E-state index contributed by atoms with van der Waals surface area (Å²) >= 11 is 0. The molecule has 0 radical (unpaired) electrons. The first-order chi connectivity index (χ1) is 6.86. The number of sulfone groups is 1. The van der Waals surface area contributed by atoms with Gasteiger partial charge in [-0.1, -0.05) is 6.07 Å². The molecule has 1 aliphatic heterocycles. The largest absolute Gasteiger partial charge is 0.505 e. The summed E-state index contributed by atoms with van der Waals surface area (Å²) in [6, 6.07) is 3.33. The van der Waals surface area contributed by atoms with Crippen LogP contribution in [0.1, 0.15) is 25.1 Å². The highest BCUT2D eigenvalue weighted by Gasteiger charge is 2.41. The summed E-state index contributed by atoms with van der Waals surface area (Å²) in [5, 5.41) is 10.4. The van der Waals surface area contributed by atoms with Crippen molar-refractivity contribution in [2.45, 2.75) is 18.6 Å². The maximum absolute atomic E-state index is 11.8. The van der Waals surface area contributed by atoms with E-state index in [0.29, 0.717) is 11.3 Å². The van der Waals surface area contributed by atoms with Gasteiger partial charge in [0.2, 0.25) is 0 Å². The Labute approximate surface area is 88.2 Å². The number of fused-ring (bicyclic) bond motifs is 1. The van der Waals surface area contributed by atoms with Crippen LogP contribution >= 0.6 is 0 Å². The summed E-state index contributed by atoms with van der Waals surface area (Å²) < 4.78 is 22.6. The Morgan fingerprint density at radius 2 is 2.07 bits per heavy atom. The number of pyridine rings is 1. The van der Waals surface area contributed by atoms with Gasteiger partial charge in [0.15, 0.2) is 15.6 Å². The normalized spacial score (nSPS) is 21.6. The Morgan fingerprint density at radius 3 is 2.73 bits per heavy atom. The van der Waals surface area contributed by atoms with Gasteiger partial charge >= 0.3 is 0 Å². The third-order valence-corrected chi connectivity index (χ3v) is 4.85. The molecule has 4 nitrogen and oxygen atoms in total. The van der Waals surface area contributed by atoms with E-state index in [2.05, 4.69) is 4.98 Å². The van der Waals surface area contributed by atoms with E-state index in [1.165, 1.54) is 6.20 Å². The molecule has 1 N–H and O–H groups in total. The lowest BCUT2D eigenvalue weighted by Crippen LogP contribution is -2.32. The number of aromatic nitrogens is 1. The summed E-state index contributed by atoms with van der Waals surface area (Å²) in [5.41, 5.74) is 0.877. The van der Waals surface area contributed by atoms with Crippen LogP contribution in [-0.2, 0) is 14.6 Å². The minimum Gasteiger partial charge on any atom is -0.505 e. The highest BCUT2D eigenvalue weighted by molar-refractivity contribution is 7.95. The fourth-order valence-electron chi connectivity index (χ4n) is 1.60. The Hall–Kier alpha value is -1.36. The van der Waals surface area contributed by atoms with E-state index in [1.807, 2.05) is 0 Å². The van der Waals surface area contributed by atoms with Crippen LogP contribution in [-0.4, -0.2) is 18.5 Å². The fourth-order valence-corrected chi connectivity index (χ4v) is 2.77. The lowest BCUT2D eigenvalue weighted by Gasteiger charge is -2.28. The molecule has 2 rings (SSSR count). The van der Waals surface area contributed by atoms with E-state index in [4.69, 9.17) is 0 Å². The van der Waals surface area contributed by atoms with E-state index in [1.54, 1.807) is 26.0 Å². The quantitative estimate of drug-likeness (QED) is 0.728. The second-order valence-corrected chi connectivity index (χ2v) is 6.30. The summed E-state index contributed by atoms with van der Waals surface area (Å²) in [6.45, 7) is 3.21. The van der Waals surface area contributed by atoms with Crippen molar-refractivity contribution in [1.82, 2.24) is 4.98 Å². The second kappa shape index (κ2) is 2.82. The van der Waals surface area contributed by atoms with Crippen molar-refractivity contribution in [1.29, 1.82) is 0 Å². The fraction of sp³-hybridized carbons (Fsp3) is 0.300. The third-order valence-electron chi connectivity index (χ3n) is 2.68. The van der Waals surface area contributed by atoms with Gasteiger partial charge in [-0.3, -0.25) is 4.98 Å². The van der Waals surface area contributed by atoms with Crippen LogP contribution in [0.25, 0.3) is 5.76 Å². The number of aliphatic hydroxyl groups excluding tert-OH is 1.